The number of hydrogen-bond acceptors (Lipinski definition) is 4. The van der Waals surface area contributed by atoms with Gasteiger partial charge in [0.1, 0.15) is 11.6 Å². The molecule has 1 atom stereocenters. The summed E-state index contributed by atoms with van der Waals surface area (Å²) < 4.78 is 18.9. The number of thioether (sulfide) groups is 1. The normalized spacial score (nSPS) is 16.2. The Hall–Kier alpha value is -2.05. The summed E-state index contributed by atoms with van der Waals surface area (Å²) in [6.45, 7) is 5.51. The first-order valence-corrected chi connectivity index (χ1v) is 10.00. The van der Waals surface area contributed by atoms with E-state index in [-0.39, 0.29) is 17.0 Å². The van der Waals surface area contributed by atoms with E-state index >= 15 is 0 Å². The van der Waals surface area contributed by atoms with E-state index in [9.17, 15) is 9.18 Å². The van der Waals surface area contributed by atoms with Crippen molar-refractivity contribution in [3.63, 3.8) is 0 Å². The highest BCUT2D eigenvalue weighted by molar-refractivity contribution is 8.00. The fourth-order valence-electron chi connectivity index (χ4n) is 3.25. The van der Waals surface area contributed by atoms with Crippen molar-refractivity contribution in [3.05, 3.63) is 59.9 Å². The molecule has 1 heterocycles. The minimum Gasteiger partial charge on any atom is -0.496 e. The maximum atomic E-state index is 13.5. The molecule has 0 bridgehead atoms. The van der Waals surface area contributed by atoms with E-state index in [1.807, 2.05) is 42.2 Å². The van der Waals surface area contributed by atoms with Gasteiger partial charge in [-0.15, -0.1) is 11.8 Å². The third kappa shape index (κ3) is 5.23. The third-order valence-electron chi connectivity index (χ3n) is 4.72. The van der Waals surface area contributed by atoms with Crippen molar-refractivity contribution >= 4 is 17.7 Å². The van der Waals surface area contributed by atoms with Gasteiger partial charge in [-0.1, -0.05) is 18.2 Å². The minimum atomic E-state index is -0.258. The van der Waals surface area contributed by atoms with E-state index in [1.54, 1.807) is 24.9 Å². The van der Waals surface area contributed by atoms with Gasteiger partial charge in [0, 0.05) is 43.2 Å². The van der Waals surface area contributed by atoms with Gasteiger partial charge in [0.25, 0.3) is 0 Å². The highest BCUT2D eigenvalue weighted by Gasteiger charge is 2.26. The quantitative estimate of drug-likeness (QED) is 0.707. The Labute approximate surface area is 164 Å². The van der Waals surface area contributed by atoms with E-state index in [0.29, 0.717) is 25.4 Å². The molecule has 0 N–H and O–H groups in total. The van der Waals surface area contributed by atoms with Crippen LogP contribution in [0.25, 0.3) is 0 Å². The van der Waals surface area contributed by atoms with E-state index in [0.717, 1.165) is 23.5 Å². The zero-order valence-corrected chi connectivity index (χ0v) is 16.5. The first-order chi connectivity index (χ1) is 13.1. The molecule has 0 radical (unpaired) electrons. The Morgan fingerprint density at radius 3 is 2.52 bits per heavy atom. The zero-order chi connectivity index (χ0) is 19.2. The Morgan fingerprint density at radius 1 is 1.15 bits per heavy atom. The Balaban J connectivity index is 1.52. The molecule has 1 aliphatic heterocycles. The number of nitrogens with zero attached hydrogens (tertiary/aromatic N) is 2. The maximum absolute atomic E-state index is 13.5. The summed E-state index contributed by atoms with van der Waals surface area (Å²) in [5.41, 5.74) is 0.838. The molecule has 1 saturated heterocycles. The summed E-state index contributed by atoms with van der Waals surface area (Å²) in [5, 5.41) is -0.109. The van der Waals surface area contributed by atoms with E-state index < -0.39 is 0 Å². The van der Waals surface area contributed by atoms with Gasteiger partial charge in [-0.25, -0.2) is 4.39 Å². The highest BCUT2D eigenvalue weighted by atomic mass is 32.2. The molecule has 27 heavy (non-hydrogen) atoms. The Morgan fingerprint density at radius 2 is 1.85 bits per heavy atom. The maximum Gasteiger partial charge on any atom is 0.235 e. The van der Waals surface area contributed by atoms with E-state index in [4.69, 9.17) is 4.74 Å². The van der Waals surface area contributed by atoms with Crippen LogP contribution in [0.2, 0.25) is 0 Å². The van der Waals surface area contributed by atoms with Gasteiger partial charge in [0.15, 0.2) is 0 Å². The second kappa shape index (κ2) is 9.24. The lowest BCUT2D eigenvalue weighted by molar-refractivity contribution is -0.132. The van der Waals surface area contributed by atoms with Crippen LogP contribution in [0.3, 0.4) is 0 Å². The number of rotatable bonds is 6. The van der Waals surface area contributed by atoms with Crippen LogP contribution in [0.15, 0.2) is 53.4 Å². The number of carbonyl (C=O) groups is 1. The summed E-state index contributed by atoms with van der Waals surface area (Å²) in [5.74, 6) is 0.612. The number of benzene rings is 2. The summed E-state index contributed by atoms with van der Waals surface area (Å²) in [6, 6.07) is 14.6. The van der Waals surface area contributed by atoms with Crippen LogP contribution < -0.4 is 4.74 Å². The topological polar surface area (TPSA) is 32.8 Å². The lowest BCUT2D eigenvalue weighted by Gasteiger charge is -2.36. The highest BCUT2D eigenvalue weighted by Crippen LogP contribution is 2.25. The second-order valence-electron chi connectivity index (χ2n) is 6.63. The molecule has 0 saturated carbocycles. The molecule has 1 amide bonds. The van der Waals surface area contributed by atoms with Crippen LogP contribution in [0.4, 0.5) is 4.39 Å². The van der Waals surface area contributed by atoms with Crippen LogP contribution >= 0.6 is 11.8 Å². The van der Waals surface area contributed by atoms with Crippen LogP contribution in [0, 0.1) is 5.82 Å². The van der Waals surface area contributed by atoms with Gasteiger partial charge in [0.05, 0.1) is 12.4 Å². The van der Waals surface area contributed by atoms with Crippen molar-refractivity contribution in [2.24, 2.45) is 0 Å². The molecule has 4 nitrogen and oxygen atoms in total. The number of methoxy groups -OCH3 is 1. The van der Waals surface area contributed by atoms with Gasteiger partial charge in [-0.2, -0.15) is 0 Å². The van der Waals surface area contributed by atoms with Crippen LogP contribution in [-0.2, 0) is 11.3 Å². The lowest BCUT2D eigenvalue weighted by atomic mass is 10.1. The summed E-state index contributed by atoms with van der Waals surface area (Å²) in [6.07, 6.45) is 0. The van der Waals surface area contributed by atoms with Crippen molar-refractivity contribution in [2.75, 3.05) is 33.3 Å². The largest absolute Gasteiger partial charge is 0.496 e. The lowest BCUT2D eigenvalue weighted by Crippen LogP contribution is -2.50. The molecule has 6 heteroatoms. The van der Waals surface area contributed by atoms with E-state index in [2.05, 4.69) is 4.90 Å². The number of amides is 1. The third-order valence-corrected chi connectivity index (χ3v) is 5.82. The number of carbonyl (C=O) groups excluding carboxylic acids is 1. The first-order valence-electron chi connectivity index (χ1n) is 9.12. The molecular weight excluding hydrogens is 363 g/mol. The molecule has 1 aliphatic rings. The summed E-state index contributed by atoms with van der Waals surface area (Å²) in [7, 11) is 1.60. The molecule has 0 spiro atoms. The Bertz CT molecular complexity index is 764. The fraction of sp³-hybridized carbons (Fsp3) is 0.381. The predicted molar refractivity (Wildman–Crippen MR) is 107 cm³/mol. The monoisotopic (exact) mass is 388 g/mol. The SMILES string of the molecule is COc1ccc(F)cc1CN1CCN(C(=O)[C@@H](C)Sc2ccccc2)CC1. The smallest absolute Gasteiger partial charge is 0.235 e. The molecule has 2 aromatic carbocycles. The summed E-state index contributed by atoms with van der Waals surface area (Å²) >= 11 is 1.59. The molecule has 0 aromatic heterocycles. The van der Waals surface area contributed by atoms with Crippen molar-refractivity contribution < 1.29 is 13.9 Å². The number of halogens is 1. The number of ether oxygens (including phenoxy) is 1. The molecule has 0 aliphatic carbocycles. The first kappa shape index (κ1) is 19.7. The summed E-state index contributed by atoms with van der Waals surface area (Å²) in [4.78, 5) is 18.0. The van der Waals surface area contributed by atoms with Gasteiger partial charge < -0.3 is 9.64 Å². The molecule has 2 aromatic rings. The molecule has 1 fully saturated rings. The average Bonchev–Trinajstić information content (AvgIpc) is 2.69. The molecule has 144 valence electrons. The van der Waals surface area contributed by atoms with Crippen molar-refractivity contribution in [1.29, 1.82) is 0 Å². The van der Waals surface area contributed by atoms with E-state index in [1.165, 1.54) is 12.1 Å². The van der Waals surface area contributed by atoms with Crippen LogP contribution in [-0.4, -0.2) is 54.2 Å². The fourth-order valence-corrected chi connectivity index (χ4v) is 4.22. The number of piperazine rings is 1. The van der Waals surface area contributed by atoms with Crippen LogP contribution in [0.5, 0.6) is 5.75 Å². The standard InChI is InChI=1S/C21H25FN2O2S/c1-16(27-19-6-4-3-5-7-19)21(25)24-12-10-23(11-13-24)15-17-14-18(22)8-9-20(17)26-2/h3-9,14,16H,10-13,15H2,1-2H3/t16-/m1/s1. The van der Waals surface area contributed by atoms with Crippen LogP contribution in [0.1, 0.15) is 12.5 Å². The van der Waals surface area contributed by atoms with Crippen molar-refractivity contribution in [3.8, 4) is 5.75 Å². The zero-order valence-electron chi connectivity index (χ0n) is 15.7. The number of hydrogen-bond donors (Lipinski definition) is 0. The van der Waals surface area contributed by atoms with Gasteiger partial charge >= 0.3 is 0 Å². The predicted octanol–water partition coefficient (Wildman–Crippen LogP) is 3.66. The molecule has 3 rings (SSSR count). The Kier molecular flexibility index (Phi) is 6.74. The van der Waals surface area contributed by atoms with Gasteiger partial charge in [0.2, 0.25) is 5.91 Å². The minimum absolute atomic E-state index is 0.109. The van der Waals surface area contributed by atoms with Crippen molar-refractivity contribution in [1.82, 2.24) is 9.80 Å². The van der Waals surface area contributed by atoms with Crippen molar-refractivity contribution in [2.45, 2.75) is 23.6 Å². The van der Waals surface area contributed by atoms with Gasteiger partial charge in [-0.3, -0.25) is 9.69 Å². The molecule has 0 unspecified atom stereocenters. The molecular formula is C21H25FN2O2S. The van der Waals surface area contributed by atoms with Gasteiger partial charge in [-0.05, 0) is 37.3 Å². The second-order valence-corrected chi connectivity index (χ2v) is 8.04. The average molecular weight is 389 g/mol.